The molecule has 0 atom stereocenters. The van der Waals surface area contributed by atoms with Crippen LogP contribution in [0, 0.1) is 0 Å². The van der Waals surface area contributed by atoms with Crippen LogP contribution in [0.25, 0.3) is 0 Å². The largest absolute Gasteiger partial charge is 0.484 e. The highest BCUT2D eigenvalue weighted by molar-refractivity contribution is 6.32. The first-order chi connectivity index (χ1) is 8.70. The summed E-state index contributed by atoms with van der Waals surface area (Å²) in [7, 11) is 3.58. The van der Waals surface area contributed by atoms with Crippen LogP contribution in [-0.2, 0) is 20.2 Å². The van der Waals surface area contributed by atoms with Crippen LogP contribution in [0.1, 0.15) is 11.4 Å². The molecule has 6 nitrogen and oxygen atoms in total. The number of para-hydroxylation sites is 1. The summed E-state index contributed by atoms with van der Waals surface area (Å²) in [5, 5.41) is 15.3. The van der Waals surface area contributed by atoms with E-state index >= 15 is 0 Å². The van der Waals surface area contributed by atoms with Gasteiger partial charge in [-0.05, 0) is 18.3 Å². The van der Waals surface area contributed by atoms with Crippen molar-refractivity contribution in [1.82, 2.24) is 25.5 Å². The molecule has 18 heavy (non-hydrogen) atoms. The summed E-state index contributed by atoms with van der Waals surface area (Å²) in [4.78, 5) is 1.39. The highest BCUT2D eigenvalue weighted by atomic mass is 35.5. The Balaban J connectivity index is 2.12. The molecule has 96 valence electrons. The van der Waals surface area contributed by atoms with E-state index in [0.717, 1.165) is 5.56 Å². The molecule has 1 heterocycles. The molecule has 0 bridgehead atoms. The molecular formula is C11H14ClN5O. The number of nitrogens with one attached hydrogen (secondary N) is 1. The number of hydrogen-bond acceptors (Lipinski definition) is 5. The van der Waals surface area contributed by atoms with E-state index < -0.39 is 0 Å². The normalized spacial score (nSPS) is 10.6. The minimum Gasteiger partial charge on any atom is -0.484 e. The second kappa shape index (κ2) is 5.79. The third kappa shape index (κ3) is 2.96. The van der Waals surface area contributed by atoms with Gasteiger partial charge in [0.05, 0.1) is 12.1 Å². The van der Waals surface area contributed by atoms with Crippen LogP contribution in [0.4, 0.5) is 0 Å². The Hall–Kier alpha value is -1.66. The number of halogens is 1. The van der Waals surface area contributed by atoms with Crippen molar-refractivity contribution in [3.05, 3.63) is 34.6 Å². The van der Waals surface area contributed by atoms with Crippen LogP contribution >= 0.6 is 11.6 Å². The van der Waals surface area contributed by atoms with Crippen LogP contribution in [0.2, 0.25) is 5.02 Å². The molecule has 0 aliphatic heterocycles. The first-order valence-corrected chi connectivity index (χ1v) is 5.86. The molecule has 2 aromatic rings. The van der Waals surface area contributed by atoms with E-state index in [2.05, 4.69) is 20.7 Å². The van der Waals surface area contributed by atoms with E-state index in [9.17, 15) is 0 Å². The SMILES string of the molecule is CNCc1cccc(Cl)c1OCc1nnn(C)n1. The third-order valence-electron chi connectivity index (χ3n) is 2.31. The third-order valence-corrected chi connectivity index (χ3v) is 2.61. The van der Waals surface area contributed by atoms with Gasteiger partial charge in [0.1, 0.15) is 5.75 Å². The maximum Gasteiger partial charge on any atom is 0.212 e. The number of aromatic nitrogens is 4. The van der Waals surface area contributed by atoms with Gasteiger partial charge in [-0.15, -0.1) is 10.2 Å². The summed E-state index contributed by atoms with van der Waals surface area (Å²) in [5.41, 5.74) is 0.994. The van der Waals surface area contributed by atoms with Gasteiger partial charge in [0, 0.05) is 12.1 Å². The lowest BCUT2D eigenvalue weighted by Gasteiger charge is -2.11. The summed E-state index contributed by atoms with van der Waals surface area (Å²) in [6.45, 7) is 0.929. The van der Waals surface area contributed by atoms with Crippen molar-refractivity contribution < 1.29 is 4.74 Å². The number of hydrogen-bond donors (Lipinski definition) is 1. The van der Waals surface area contributed by atoms with E-state index in [-0.39, 0.29) is 6.61 Å². The van der Waals surface area contributed by atoms with Gasteiger partial charge in [0.2, 0.25) is 5.82 Å². The van der Waals surface area contributed by atoms with Gasteiger partial charge in [-0.1, -0.05) is 23.7 Å². The molecule has 0 amide bonds. The Morgan fingerprint density at radius 3 is 2.94 bits per heavy atom. The lowest BCUT2D eigenvalue weighted by atomic mass is 10.2. The lowest BCUT2D eigenvalue weighted by Crippen LogP contribution is -2.08. The Labute approximate surface area is 110 Å². The van der Waals surface area contributed by atoms with E-state index in [1.165, 1.54) is 4.80 Å². The van der Waals surface area contributed by atoms with Crippen LogP contribution in [0.3, 0.4) is 0 Å². The molecule has 7 heteroatoms. The summed E-state index contributed by atoms with van der Waals surface area (Å²) in [5.74, 6) is 1.17. The van der Waals surface area contributed by atoms with Crippen molar-refractivity contribution in [1.29, 1.82) is 0 Å². The van der Waals surface area contributed by atoms with Crippen molar-refractivity contribution in [2.75, 3.05) is 7.05 Å². The molecule has 0 aliphatic carbocycles. The number of tetrazole rings is 1. The Morgan fingerprint density at radius 1 is 1.44 bits per heavy atom. The molecule has 0 unspecified atom stereocenters. The van der Waals surface area contributed by atoms with Gasteiger partial charge >= 0.3 is 0 Å². The molecule has 1 aromatic heterocycles. The minimum atomic E-state index is 0.244. The molecule has 0 spiro atoms. The number of benzene rings is 1. The van der Waals surface area contributed by atoms with Gasteiger partial charge in [0.15, 0.2) is 6.61 Å². The maximum absolute atomic E-state index is 6.12. The van der Waals surface area contributed by atoms with Crippen molar-refractivity contribution in [3.63, 3.8) is 0 Å². The number of aryl methyl sites for hydroxylation is 1. The molecule has 1 N–H and O–H groups in total. The Kier molecular flexibility index (Phi) is 4.11. The standard InChI is InChI=1S/C11H14ClN5O/c1-13-6-8-4-3-5-9(12)11(8)18-7-10-14-16-17(2)15-10/h3-5,13H,6-7H2,1-2H3. The molecule has 1 aromatic carbocycles. The molecule has 0 radical (unpaired) electrons. The molecule has 0 saturated heterocycles. The maximum atomic E-state index is 6.12. The van der Waals surface area contributed by atoms with E-state index in [1.54, 1.807) is 13.1 Å². The molecular weight excluding hydrogens is 254 g/mol. The van der Waals surface area contributed by atoms with Crippen molar-refractivity contribution >= 4 is 11.6 Å². The highest BCUT2D eigenvalue weighted by Crippen LogP contribution is 2.29. The van der Waals surface area contributed by atoms with Crippen LogP contribution in [0.5, 0.6) is 5.75 Å². The zero-order valence-electron chi connectivity index (χ0n) is 10.2. The summed E-state index contributed by atoms with van der Waals surface area (Å²) in [6.07, 6.45) is 0. The van der Waals surface area contributed by atoms with Crippen molar-refractivity contribution in [2.24, 2.45) is 7.05 Å². The number of ether oxygens (including phenoxy) is 1. The minimum absolute atomic E-state index is 0.244. The monoisotopic (exact) mass is 267 g/mol. The summed E-state index contributed by atoms with van der Waals surface area (Å²) >= 11 is 6.12. The van der Waals surface area contributed by atoms with Crippen LogP contribution in [0.15, 0.2) is 18.2 Å². The first kappa shape index (κ1) is 12.8. The fourth-order valence-electron chi connectivity index (χ4n) is 1.56. The molecule has 2 rings (SSSR count). The second-order valence-corrected chi connectivity index (χ2v) is 4.15. The lowest BCUT2D eigenvalue weighted by molar-refractivity contribution is 0.292. The predicted octanol–water partition coefficient (Wildman–Crippen LogP) is 1.16. The molecule has 0 aliphatic rings. The quantitative estimate of drug-likeness (QED) is 0.881. The van der Waals surface area contributed by atoms with Crippen molar-refractivity contribution in [3.8, 4) is 5.75 Å². The predicted molar refractivity (Wildman–Crippen MR) is 67.3 cm³/mol. The second-order valence-electron chi connectivity index (χ2n) is 3.74. The average molecular weight is 268 g/mol. The van der Waals surface area contributed by atoms with E-state index in [0.29, 0.717) is 23.1 Å². The zero-order chi connectivity index (χ0) is 13.0. The molecule has 0 saturated carbocycles. The van der Waals surface area contributed by atoms with E-state index in [1.807, 2.05) is 19.2 Å². The Bertz CT molecular complexity index is 528. The number of nitrogens with zero attached hydrogens (tertiary/aromatic N) is 4. The fourth-order valence-corrected chi connectivity index (χ4v) is 1.81. The fraction of sp³-hybridized carbons (Fsp3) is 0.364. The highest BCUT2D eigenvalue weighted by Gasteiger charge is 2.09. The first-order valence-electron chi connectivity index (χ1n) is 5.48. The molecule has 0 fully saturated rings. The van der Waals surface area contributed by atoms with Gasteiger partial charge < -0.3 is 10.1 Å². The van der Waals surface area contributed by atoms with Gasteiger partial charge in [-0.25, -0.2) is 0 Å². The zero-order valence-corrected chi connectivity index (χ0v) is 11.0. The van der Waals surface area contributed by atoms with Gasteiger partial charge in [0.25, 0.3) is 0 Å². The Morgan fingerprint density at radius 2 is 2.28 bits per heavy atom. The summed E-state index contributed by atoms with van der Waals surface area (Å²) in [6, 6.07) is 5.64. The van der Waals surface area contributed by atoms with Crippen LogP contribution in [-0.4, -0.2) is 27.3 Å². The van der Waals surface area contributed by atoms with Crippen molar-refractivity contribution in [2.45, 2.75) is 13.2 Å². The average Bonchev–Trinajstić information content (AvgIpc) is 2.75. The van der Waals surface area contributed by atoms with Gasteiger partial charge in [-0.3, -0.25) is 0 Å². The van der Waals surface area contributed by atoms with Crippen LogP contribution < -0.4 is 10.1 Å². The van der Waals surface area contributed by atoms with Gasteiger partial charge in [-0.2, -0.15) is 4.80 Å². The number of rotatable bonds is 5. The van der Waals surface area contributed by atoms with E-state index in [4.69, 9.17) is 16.3 Å². The smallest absolute Gasteiger partial charge is 0.212 e. The summed E-state index contributed by atoms with van der Waals surface area (Å²) < 4.78 is 5.67. The topological polar surface area (TPSA) is 64.9 Å².